The van der Waals surface area contributed by atoms with E-state index in [0.29, 0.717) is 12.0 Å². The standard InChI is InChI=1S/C12H17NO.C2H6/c1-9-2-4-10(5-3-9)11-8-13-12(11)6-7-14;1-2/h2-5,11-14H,6-8H2,1H3;1-2H3. The molecule has 0 radical (unpaired) electrons. The summed E-state index contributed by atoms with van der Waals surface area (Å²) in [5.74, 6) is 0.600. The van der Waals surface area contributed by atoms with Crippen LogP contribution in [-0.2, 0) is 0 Å². The quantitative estimate of drug-likeness (QED) is 0.821. The minimum atomic E-state index is 0.278. The second kappa shape index (κ2) is 6.66. The van der Waals surface area contributed by atoms with E-state index in [1.807, 2.05) is 13.8 Å². The summed E-state index contributed by atoms with van der Waals surface area (Å²) in [4.78, 5) is 0. The lowest BCUT2D eigenvalue weighted by Crippen LogP contribution is -2.51. The van der Waals surface area contributed by atoms with E-state index in [4.69, 9.17) is 5.11 Å². The molecule has 1 heterocycles. The molecule has 90 valence electrons. The normalized spacial score (nSPS) is 23.0. The maximum Gasteiger partial charge on any atom is 0.0446 e. The van der Waals surface area contributed by atoms with Crippen LogP contribution in [0.15, 0.2) is 24.3 Å². The van der Waals surface area contributed by atoms with E-state index >= 15 is 0 Å². The molecule has 2 nitrogen and oxygen atoms in total. The van der Waals surface area contributed by atoms with Crippen LogP contribution >= 0.6 is 0 Å². The van der Waals surface area contributed by atoms with Crippen LogP contribution < -0.4 is 5.32 Å². The van der Waals surface area contributed by atoms with Gasteiger partial charge in [-0.1, -0.05) is 43.7 Å². The van der Waals surface area contributed by atoms with Crippen molar-refractivity contribution in [2.75, 3.05) is 13.2 Å². The van der Waals surface area contributed by atoms with Crippen molar-refractivity contribution in [2.24, 2.45) is 0 Å². The van der Waals surface area contributed by atoms with E-state index in [1.54, 1.807) is 0 Å². The zero-order chi connectivity index (χ0) is 12.0. The van der Waals surface area contributed by atoms with Crippen LogP contribution in [0.5, 0.6) is 0 Å². The largest absolute Gasteiger partial charge is 0.396 e. The third-order valence-electron chi connectivity index (χ3n) is 3.03. The van der Waals surface area contributed by atoms with Gasteiger partial charge in [0.15, 0.2) is 0 Å². The number of aliphatic hydroxyl groups is 1. The lowest BCUT2D eigenvalue weighted by molar-refractivity contribution is 0.215. The number of rotatable bonds is 3. The molecule has 2 rings (SSSR count). The van der Waals surface area contributed by atoms with Crippen molar-refractivity contribution in [3.8, 4) is 0 Å². The van der Waals surface area contributed by atoms with E-state index in [2.05, 4.69) is 36.5 Å². The summed E-state index contributed by atoms with van der Waals surface area (Å²) in [5, 5.41) is 12.2. The molecule has 1 aromatic carbocycles. The molecule has 0 saturated carbocycles. The summed E-state index contributed by atoms with van der Waals surface area (Å²) in [6.07, 6.45) is 0.860. The minimum absolute atomic E-state index is 0.278. The van der Waals surface area contributed by atoms with Gasteiger partial charge in [0.2, 0.25) is 0 Å². The van der Waals surface area contributed by atoms with Crippen molar-refractivity contribution in [1.82, 2.24) is 5.32 Å². The van der Waals surface area contributed by atoms with Gasteiger partial charge in [-0.05, 0) is 18.9 Å². The van der Waals surface area contributed by atoms with E-state index in [-0.39, 0.29) is 6.61 Å². The fourth-order valence-corrected chi connectivity index (χ4v) is 2.01. The molecule has 1 aromatic rings. The molecule has 2 atom stereocenters. The van der Waals surface area contributed by atoms with Gasteiger partial charge in [-0.3, -0.25) is 0 Å². The van der Waals surface area contributed by atoms with Gasteiger partial charge in [-0.2, -0.15) is 0 Å². The molecule has 0 spiro atoms. The number of nitrogens with one attached hydrogen (secondary N) is 1. The minimum Gasteiger partial charge on any atom is -0.396 e. The SMILES string of the molecule is CC.Cc1ccc(C2CNC2CCO)cc1. The van der Waals surface area contributed by atoms with Crippen molar-refractivity contribution in [3.63, 3.8) is 0 Å². The fraction of sp³-hybridized carbons (Fsp3) is 0.571. The zero-order valence-corrected chi connectivity index (χ0v) is 10.5. The van der Waals surface area contributed by atoms with Gasteiger partial charge < -0.3 is 10.4 Å². The van der Waals surface area contributed by atoms with Crippen LogP contribution in [-0.4, -0.2) is 24.3 Å². The van der Waals surface area contributed by atoms with Crippen LogP contribution in [0.3, 0.4) is 0 Å². The summed E-state index contributed by atoms with van der Waals surface area (Å²) in [6, 6.07) is 9.19. The van der Waals surface area contributed by atoms with Gasteiger partial charge in [-0.25, -0.2) is 0 Å². The van der Waals surface area contributed by atoms with Gasteiger partial charge in [0.25, 0.3) is 0 Å². The molecule has 1 aliphatic heterocycles. The number of aliphatic hydroxyl groups excluding tert-OH is 1. The molecule has 1 saturated heterocycles. The van der Waals surface area contributed by atoms with Gasteiger partial charge >= 0.3 is 0 Å². The molecular weight excluding hydrogens is 198 g/mol. The predicted molar refractivity (Wildman–Crippen MR) is 68.8 cm³/mol. The predicted octanol–water partition coefficient (Wildman–Crippen LogP) is 2.46. The Morgan fingerprint density at radius 1 is 1.25 bits per heavy atom. The summed E-state index contributed by atoms with van der Waals surface area (Å²) >= 11 is 0. The van der Waals surface area contributed by atoms with Crippen molar-refractivity contribution >= 4 is 0 Å². The Bertz CT molecular complexity index is 294. The van der Waals surface area contributed by atoms with Crippen LogP contribution in [0, 0.1) is 6.92 Å². The lowest BCUT2D eigenvalue weighted by Gasteiger charge is -2.38. The first kappa shape index (κ1) is 13.2. The topological polar surface area (TPSA) is 32.3 Å². The molecular formula is C14H23NO. The lowest BCUT2D eigenvalue weighted by atomic mass is 9.83. The number of hydrogen-bond donors (Lipinski definition) is 2. The highest BCUT2D eigenvalue weighted by Gasteiger charge is 2.30. The van der Waals surface area contributed by atoms with Crippen molar-refractivity contribution in [2.45, 2.75) is 39.2 Å². The maximum atomic E-state index is 8.87. The Morgan fingerprint density at radius 2 is 1.88 bits per heavy atom. The van der Waals surface area contributed by atoms with Crippen molar-refractivity contribution < 1.29 is 5.11 Å². The maximum absolute atomic E-state index is 8.87. The second-order valence-electron chi connectivity index (χ2n) is 4.04. The Hall–Kier alpha value is -0.860. The van der Waals surface area contributed by atoms with E-state index < -0.39 is 0 Å². The fourth-order valence-electron chi connectivity index (χ4n) is 2.01. The summed E-state index contributed by atoms with van der Waals surface area (Å²) in [7, 11) is 0. The molecule has 0 bridgehead atoms. The number of hydrogen-bond acceptors (Lipinski definition) is 2. The van der Waals surface area contributed by atoms with Crippen molar-refractivity contribution in [1.29, 1.82) is 0 Å². The Balaban J connectivity index is 0.000000606. The third kappa shape index (κ3) is 3.06. The average Bonchev–Trinajstić information content (AvgIpc) is 2.30. The monoisotopic (exact) mass is 221 g/mol. The van der Waals surface area contributed by atoms with Crippen molar-refractivity contribution in [3.05, 3.63) is 35.4 Å². The van der Waals surface area contributed by atoms with Crippen LogP contribution in [0.25, 0.3) is 0 Å². The molecule has 1 fully saturated rings. The molecule has 16 heavy (non-hydrogen) atoms. The smallest absolute Gasteiger partial charge is 0.0446 e. The second-order valence-corrected chi connectivity index (χ2v) is 4.04. The highest BCUT2D eigenvalue weighted by molar-refractivity contribution is 5.28. The molecule has 0 amide bonds. The van der Waals surface area contributed by atoms with Crippen LogP contribution in [0.2, 0.25) is 0 Å². The molecule has 0 aromatic heterocycles. The highest BCUT2D eigenvalue weighted by Crippen LogP contribution is 2.27. The summed E-state index contributed by atoms with van der Waals surface area (Å²) < 4.78 is 0. The Labute approximate surface area is 98.7 Å². The van der Waals surface area contributed by atoms with Gasteiger partial charge in [0.05, 0.1) is 0 Å². The first-order chi connectivity index (χ1) is 7.81. The third-order valence-corrected chi connectivity index (χ3v) is 3.03. The zero-order valence-electron chi connectivity index (χ0n) is 10.5. The summed E-state index contributed by atoms with van der Waals surface area (Å²) in [6.45, 7) is 7.43. The molecule has 0 aliphatic carbocycles. The van der Waals surface area contributed by atoms with Crippen LogP contribution in [0.1, 0.15) is 37.3 Å². The van der Waals surface area contributed by atoms with E-state index in [1.165, 1.54) is 11.1 Å². The molecule has 2 N–H and O–H groups in total. The highest BCUT2D eigenvalue weighted by atomic mass is 16.3. The summed E-state index contributed by atoms with van der Waals surface area (Å²) in [5.41, 5.74) is 2.70. The first-order valence-electron chi connectivity index (χ1n) is 6.22. The molecule has 2 heteroatoms. The van der Waals surface area contributed by atoms with Gasteiger partial charge in [0, 0.05) is 25.1 Å². The molecule has 2 unspecified atom stereocenters. The number of aryl methyl sites for hydroxylation is 1. The molecule has 1 aliphatic rings. The number of benzene rings is 1. The first-order valence-corrected chi connectivity index (χ1v) is 6.22. The van der Waals surface area contributed by atoms with Gasteiger partial charge in [-0.15, -0.1) is 0 Å². The van der Waals surface area contributed by atoms with Gasteiger partial charge in [0.1, 0.15) is 0 Å². The van der Waals surface area contributed by atoms with E-state index in [9.17, 15) is 0 Å². The van der Waals surface area contributed by atoms with Crippen LogP contribution in [0.4, 0.5) is 0 Å². The average molecular weight is 221 g/mol. The Kier molecular flexibility index (Phi) is 5.50. The van der Waals surface area contributed by atoms with E-state index in [0.717, 1.165) is 13.0 Å². The Morgan fingerprint density at radius 3 is 2.31 bits per heavy atom.